The first-order valence-electron chi connectivity index (χ1n) is 17.6. The summed E-state index contributed by atoms with van der Waals surface area (Å²) in [6.07, 6.45) is 4.95. The normalized spacial score (nSPS) is 17.6. The predicted molar refractivity (Wildman–Crippen MR) is 209 cm³/mol. The van der Waals surface area contributed by atoms with Crippen molar-refractivity contribution in [3.05, 3.63) is 148 Å². The van der Waals surface area contributed by atoms with Gasteiger partial charge in [-0.3, -0.25) is 0 Å². The molecule has 1 heterocycles. The van der Waals surface area contributed by atoms with Crippen LogP contribution in [0.15, 0.2) is 107 Å². The molecule has 1 nitrogen and oxygen atoms in total. The Balaban J connectivity index is 1.34. The number of hydrogen-bond acceptors (Lipinski definition) is 1. The topological polar surface area (TPSA) is 13.1 Å². The molecule has 5 aromatic rings. The lowest BCUT2D eigenvalue weighted by Crippen LogP contribution is -2.42. The first-order chi connectivity index (χ1) is 22.6. The molecule has 48 heavy (non-hydrogen) atoms. The fourth-order valence-corrected chi connectivity index (χ4v) is 13.2. The zero-order valence-electron chi connectivity index (χ0n) is 30.5. The Morgan fingerprint density at radius 3 is 1.48 bits per heavy atom. The second-order valence-corrected chi connectivity index (χ2v) is 21.7. The van der Waals surface area contributed by atoms with Crippen molar-refractivity contribution < 1.29 is 4.42 Å². The van der Waals surface area contributed by atoms with Crippen LogP contribution < -0.4 is 0 Å². The maximum atomic E-state index is 6.43. The van der Waals surface area contributed by atoms with Crippen molar-refractivity contribution in [1.82, 2.24) is 0 Å². The van der Waals surface area contributed by atoms with Crippen molar-refractivity contribution in [3.8, 4) is 22.3 Å². The number of furan rings is 1. The van der Waals surface area contributed by atoms with Crippen LogP contribution >= 0.6 is 0 Å². The van der Waals surface area contributed by atoms with Crippen molar-refractivity contribution in [2.75, 3.05) is 0 Å². The smallest absolute Gasteiger partial charge is 0.130 e. The van der Waals surface area contributed by atoms with Crippen molar-refractivity contribution in [2.45, 2.75) is 90.4 Å². The minimum Gasteiger partial charge on any atom is -0.462 e. The summed E-state index contributed by atoms with van der Waals surface area (Å²) in [5.74, 6) is 1.97. The van der Waals surface area contributed by atoms with Gasteiger partial charge in [-0.15, -0.1) is 0 Å². The molecule has 1 aromatic heterocycles. The number of hydrogen-bond donors (Lipinski definition) is 0. The molecule has 2 heteroatoms. The van der Waals surface area contributed by atoms with Crippen LogP contribution in [-0.4, -0.2) is 8.07 Å². The highest BCUT2D eigenvalue weighted by Gasteiger charge is 2.49. The van der Waals surface area contributed by atoms with E-state index in [0.29, 0.717) is 11.1 Å². The van der Waals surface area contributed by atoms with E-state index in [1.807, 2.05) is 0 Å². The molecule has 0 spiro atoms. The van der Waals surface area contributed by atoms with Gasteiger partial charge in [0.2, 0.25) is 0 Å². The molecular weight excluding hydrogens is 597 g/mol. The third kappa shape index (κ3) is 5.49. The van der Waals surface area contributed by atoms with E-state index in [2.05, 4.69) is 178 Å². The van der Waals surface area contributed by atoms with Crippen molar-refractivity contribution in [2.24, 2.45) is 0 Å². The summed E-state index contributed by atoms with van der Waals surface area (Å²) < 4.78 is 6.43. The van der Waals surface area contributed by atoms with E-state index in [-0.39, 0.29) is 10.8 Å². The zero-order valence-corrected chi connectivity index (χ0v) is 31.5. The average Bonchev–Trinajstić information content (AvgIpc) is 3.74. The minimum atomic E-state index is -2.15. The highest BCUT2D eigenvalue weighted by atomic mass is 28.3. The van der Waals surface area contributed by atoms with Gasteiger partial charge in [-0.2, -0.15) is 0 Å². The first-order valence-corrected chi connectivity index (χ1v) is 20.7. The lowest BCUT2D eigenvalue weighted by Gasteiger charge is -2.39. The molecule has 0 amide bonds. The third-order valence-electron chi connectivity index (χ3n) is 11.0. The van der Waals surface area contributed by atoms with Crippen LogP contribution in [0.1, 0.15) is 104 Å². The lowest BCUT2D eigenvalue weighted by molar-refractivity contribution is 0.520. The Hall–Kier alpha value is -4.14. The van der Waals surface area contributed by atoms with Gasteiger partial charge in [0, 0.05) is 16.7 Å². The fraction of sp³-hybridized carbons (Fsp3) is 0.304. The van der Waals surface area contributed by atoms with Gasteiger partial charge in [0.15, 0.2) is 0 Å². The molecule has 2 unspecified atom stereocenters. The largest absolute Gasteiger partial charge is 0.462 e. The van der Waals surface area contributed by atoms with E-state index < -0.39 is 8.07 Å². The second-order valence-electron chi connectivity index (χ2n) is 16.9. The Labute approximate surface area is 289 Å². The summed E-state index contributed by atoms with van der Waals surface area (Å²) in [6, 6.07) is 36.7. The van der Waals surface area contributed by atoms with E-state index >= 15 is 0 Å². The number of rotatable bonds is 5. The van der Waals surface area contributed by atoms with Gasteiger partial charge >= 0.3 is 0 Å². The van der Waals surface area contributed by atoms with Crippen molar-refractivity contribution >= 4 is 25.8 Å². The molecule has 0 saturated carbocycles. The van der Waals surface area contributed by atoms with E-state index in [1.54, 1.807) is 0 Å². The molecule has 0 saturated heterocycles. The maximum Gasteiger partial charge on any atom is 0.130 e. The van der Waals surface area contributed by atoms with Crippen molar-refractivity contribution in [1.29, 1.82) is 0 Å². The molecule has 0 fully saturated rings. The number of benzene rings is 4. The molecule has 244 valence electrons. The van der Waals surface area contributed by atoms with Crippen LogP contribution in [0.25, 0.3) is 40.0 Å². The fourth-order valence-electron chi connectivity index (χ4n) is 8.52. The van der Waals surface area contributed by atoms with Crippen molar-refractivity contribution in [3.63, 3.8) is 0 Å². The summed E-state index contributed by atoms with van der Waals surface area (Å²) in [6.45, 7) is 23.3. The van der Waals surface area contributed by atoms with Gasteiger partial charge in [0.25, 0.3) is 0 Å². The van der Waals surface area contributed by atoms with Crippen LogP contribution in [0.5, 0.6) is 0 Å². The van der Waals surface area contributed by atoms with Gasteiger partial charge < -0.3 is 4.42 Å². The number of fused-ring (bicyclic) bond motifs is 2. The standard InChI is InChI=1S/C46H50OSi/c1-29-27-39-35(31-18-22-33(23-19-31)45(3,4)5)13-11-15-37(39)43(29)48(9,10)44-38-16-12-14-36(32-20-24-34(25-21-32)46(6,7)8)40(38)28-41(44)42-26-17-30(2)47-42/h11-28,43-44H,1-10H3. The molecule has 0 bridgehead atoms. The quantitative estimate of drug-likeness (QED) is 0.173. The summed E-state index contributed by atoms with van der Waals surface area (Å²) in [7, 11) is -2.15. The minimum absolute atomic E-state index is 0.126. The Kier molecular flexibility index (Phi) is 7.75. The van der Waals surface area contributed by atoms with E-state index in [4.69, 9.17) is 4.42 Å². The van der Waals surface area contributed by atoms with Gasteiger partial charge in [-0.05, 0) is 98.5 Å². The highest BCUT2D eigenvalue weighted by Crippen LogP contribution is 2.56. The van der Waals surface area contributed by atoms with Gasteiger partial charge in [0.1, 0.15) is 11.5 Å². The SMILES string of the molecule is CC1=Cc2c(-c3ccc(C(C)(C)C)cc3)cccc2C1[Si](C)(C)C1C(c2ccc(C)o2)=Cc2c(-c3ccc(C(C)(C)C)cc3)cccc21. The Morgan fingerprint density at radius 2 is 1.02 bits per heavy atom. The van der Waals surface area contributed by atoms with Gasteiger partial charge in [0.05, 0.1) is 8.07 Å². The van der Waals surface area contributed by atoms with Gasteiger partial charge in [-0.1, -0.05) is 151 Å². The molecule has 0 N–H and O–H groups in total. The first kappa shape index (κ1) is 32.4. The molecule has 0 aliphatic heterocycles. The molecule has 0 radical (unpaired) electrons. The summed E-state index contributed by atoms with van der Waals surface area (Å²) in [5, 5.41) is 0. The summed E-state index contributed by atoms with van der Waals surface area (Å²) in [5.41, 5.74) is 17.4. The molecule has 2 atom stereocenters. The van der Waals surface area contributed by atoms with Gasteiger partial charge in [-0.25, -0.2) is 0 Å². The van der Waals surface area contributed by atoms with E-state index in [0.717, 1.165) is 11.5 Å². The molecule has 4 aromatic carbocycles. The third-order valence-corrected chi connectivity index (χ3v) is 15.3. The molecule has 2 aliphatic carbocycles. The van der Waals surface area contributed by atoms with Crippen LogP contribution in [0.4, 0.5) is 0 Å². The number of aryl methyl sites for hydroxylation is 1. The molecule has 7 rings (SSSR count). The van der Waals surface area contributed by atoms with Crippen LogP contribution in [-0.2, 0) is 10.8 Å². The van der Waals surface area contributed by atoms with E-state index in [9.17, 15) is 0 Å². The highest BCUT2D eigenvalue weighted by molar-refractivity contribution is 6.83. The number of allylic oxidation sites excluding steroid dienone is 2. The molecular formula is C46H50OSi. The Morgan fingerprint density at radius 1 is 0.542 bits per heavy atom. The lowest BCUT2D eigenvalue weighted by atomic mass is 9.86. The molecule has 2 aliphatic rings. The average molecular weight is 647 g/mol. The summed E-state index contributed by atoms with van der Waals surface area (Å²) >= 11 is 0. The summed E-state index contributed by atoms with van der Waals surface area (Å²) in [4.78, 5) is 0. The van der Waals surface area contributed by atoms with Crippen LogP contribution in [0.3, 0.4) is 0 Å². The van der Waals surface area contributed by atoms with Crippen LogP contribution in [0.2, 0.25) is 13.1 Å². The van der Waals surface area contributed by atoms with Crippen LogP contribution in [0, 0.1) is 6.92 Å². The maximum absolute atomic E-state index is 6.43. The zero-order chi connectivity index (χ0) is 34.2. The second kappa shape index (κ2) is 11.5. The predicted octanol–water partition coefficient (Wildman–Crippen LogP) is 13.1. The Bertz CT molecular complexity index is 2070. The van der Waals surface area contributed by atoms with E-state index in [1.165, 1.54) is 66.8 Å². The monoisotopic (exact) mass is 646 g/mol.